The Morgan fingerprint density at radius 3 is 2.63 bits per heavy atom. The summed E-state index contributed by atoms with van der Waals surface area (Å²) in [7, 11) is 1.89. The maximum absolute atomic E-state index is 5.49. The molecular formula is C12H19N7. The summed E-state index contributed by atoms with van der Waals surface area (Å²) >= 11 is 0. The smallest absolute Gasteiger partial charge is 0.148 e. The lowest BCUT2D eigenvalue weighted by molar-refractivity contribution is 0.756. The first-order valence-corrected chi connectivity index (χ1v) is 6.23. The zero-order valence-corrected chi connectivity index (χ0v) is 11.4. The first-order valence-electron chi connectivity index (χ1n) is 6.23. The average molecular weight is 261 g/mol. The summed E-state index contributed by atoms with van der Waals surface area (Å²) < 4.78 is 1.76. The van der Waals surface area contributed by atoms with Gasteiger partial charge in [-0.3, -0.25) is 4.68 Å². The Kier molecular flexibility index (Phi) is 3.96. The Bertz CT molecular complexity index is 561. The van der Waals surface area contributed by atoms with Gasteiger partial charge in [0, 0.05) is 18.8 Å². The van der Waals surface area contributed by atoms with E-state index in [9.17, 15) is 0 Å². The van der Waals surface area contributed by atoms with Crippen LogP contribution in [-0.2, 0) is 13.5 Å². The predicted molar refractivity (Wildman–Crippen MR) is 75.1 cm³/mol. The largest absolute Gasteiger partial charge is 0.337 e. The molecule has 2 heterocycles. The van der Waals surface area contributed by atoms with Gasteiger partial charge in [-0.15, -0.1) is 0 Å². The lowest BCUT2D eigenvalue weighted by Crippen LogP contribution is -2.13. The molecule has 0 aliphatic rings. The maximum Gasteiger partial charge on any atom is 0.148 e. The molecule has 102 valence electrons. The van der Waals surface area contributed by atoms with Crippen molar-refractivity contribution < 1.29 is 0 Å². The SMILES string of the molecule is CCCc1c(NN)ncnc1Nc1cn(C)nc1C. The van der Waals surface area contributed by atoms with Crippen LogP contribution in [-0.4, -0.2) is 19.7 Å². The fourth-order valence-corrected chi connectivity index (χ4v) is 1.98. The Balaban J connectivity index is 2.36. The summed E-state index contributed by atoms with van der Waals surface area (Å²) in [5.41, 5.74) is 5.45. The van der Waals surface area contributed by atoms with Crippen LogP contribution in [0, 0.1) is 6.92 Å². The van der Waals surface area contributed by atoms with Crippen molar-refractivity contribution in [3.05, 3.63) is 23.8 Å². The van der Waals surface area contributed by atoms with E-state index in [2.05, 4.69) is 32.7 Å². The predicted octanol–water partition coefficient (Wildman–Crippen LogP) is 1.50. The summed E-state index contributed by atoms with van der Waals surface area (Å²) in [6, 6.07) is 0. The quantitative estimate of drug-likeness (QED) is 0.558. The number of aromatic nitrogens is 4. The molecule has 0 amide bonds. The second kappa shape index (κ2) is 5.66. The van der Waals surface area contributed by atoms with Gasteiger partial charge < -0.3 is 10.7 Å². The molecular weight excluding hydrogens is 242 g/mol. The lowest BCUT2D eigenvalue weighted by atomic mass is 10.1. The standard InChI is InChI=1S/C12H19N7/c1-4-5-9-11(14-7-15-12(9)17-13)16-10-6-19(3)18-8(10)2/h6-7H,4-5,13H2,1-3H3,(H2,14,15,16,17). The summed E-state index contributed by atoms with van der Waals surface area (Å²) in [5.74, 6) is 6.91. The Morgan fingerprint density at radius 2 is 2.05 bits per heavy atom. The number of anilines is 3. The van der Waals surface area contributed by atoms with Crippen LogP contribution in [0.25, 0.3) is 0 Å². The summed E-state index contributed by atoms with van der Waals surface area (Å²) in [5, 5.41) is 7.59. The van der Waals surface area contributed by atoms with Crippen molar-refractivity contribution in [1.29, 1.82) is 0 Å². The van der Waals surface area contributed by atoms with Crippen molar-refractivity contribution in [3.8, 4) is 0 Å². The number of nitrogens with two attached hydrogens (primary N) is 1. The molecule has 0 saturated carbocycles. The van der Waals surface area contributed by atoms with Gasteiger partial charge in [-0.1, -0.05) is 13.3 Å². The van der Waals surface area contributed by atoms with Crippen LogP contribution in [0.2, 0.25) is 0 Å². The van der Waals surface area contributed by atoms with E-state index in [1.54, 1.807) is 4.68 Å². The highest BCUT2D eigenvalue weighted by Gasteiger charge is 2.12. The van der Waals surface area contributed by atoms with Crippen molar-refractivity contribution in [2.45, 2.75) is 26.7 Å². The first kappa shape index (κ1) is 13.3. The van der Waals surface area contributed by atoms with Crippen LogP contribution in [0.1, 0.15) is 24.6 Å². The van der Waals surface area contributed by atoms with E-state index in [1.165, 1.54) is 6.33 Å². The second-order valence-electron chi connectivity index (χ2n) is 4.37. The van der Waals surface area contributed by atoms with Gasteiger partial charge in [0.25, 0.3) is 0 Å². The van der Waals surface area contributed by atoms with Crippen LogP contribution < -0.4 is 16.6 Å². The van der Waals surface area contributed by atoms with Crippen LogP contribution in [0.4, 0.5) is 17.3 Å². The molecule has 4 N–H and O–H groups in total. The zero-order valence-electron chi connectivity index (χ0n) is 11.4. The number of hydrazine groups is 1. The van der Waals surface area contributed by atoms with Gasteiger partial charge in [0.1, 0.15) is 18.0 Å². The van der Waals surface area contributed by atoms with Crippen LogP contribution >= 0.6 is 0 Å². The van der Waals surface area contributed by atoms with E-state index in [0.717, 1.165) is 35.6 Å². The molecule has 0 bridgehead atoms. The van der Waals surface area contributed by atoms with Gasteiger partial charge in [-0.2, -0.15) is 5.10 Å². The first-order chi connectivity index (χ1) is 9.15. The van der Waals surface area contributed by atoms with E-state index in [4.69, 9.17) is 5.84 Å². The van der Waals surface area contributed by atoms with Crippen LogP contribution in [0.5, 0.6) is 0 Å². The molecule has 0 spiro atoms. The van der Waals surface area contributed by atoms with Crippen LogP contribution in [0.3, 0.4) is 0 Å². The molecule has 2 aromatic rings. The Morgan fingerprint density at radius 1 is 1.32 bits per heavy atom. The zero-order chi connectivity index (χ0) is 13.8. The van der Waals surface area contributed by atoms with Crippen molar-refractivity contribution in [3.63, 3.8) is 0 Å². The number of nitrogens with zero attached hydrogens (tertiary/aromatic N) is 4. The molecule has 7 heteroatoms. The highest BCUT2D eigenvalue weighted by atomic mass is 15.3. The van der Waals surface area contributed by atoms with Gasteiger partial charge in [0.05, 0.1) is 11.4 Å². The maximum atomic E-state index is 5.49. The normalized spacial score (nSPS) is 10.5. The number of nitrogen functional groups attached to an aromatic ring is 1. The third-order valence-electron chi connectivity index (χ3n) is 2.85. The van der Waals surface area contributed by atoms with Gasteiger partial charge in [0.15, 0.2) is 0 Å². The summed E-state index contributed by atoms with van der Waals surface area (Å²) in [6.45, 7) is 4.05. The topological polar surface area (TPSA) is 93.7 Å². The number of hydrogen-bond donors (Lipinski definition) is 3. The Labute approximate surface area is 112 Å². The Hall–Kier alpha value is -2.15. The van der Waals surface area contributed by atoms with Crippen molar-refractivity contribution in [2.24, 2.45) is 12.9 Å². The van der Waals surface area contributed by atoms with Crippen LogP contribution in [0.15, 0.2) is 12.5 Å². The van der Waals surface area contributed by atoms with E-state index in [1.807, 2.05) is 20.2 Å². The van der Waals surface area contributed by atoms with E-state index in [0.29, 0.717) is 5.82 Å². The number of nitrogens with one attached hydrogen (secondary N) is 2. The van der Waals surface area contributed by atoms with Crippen molar-refractivity contribution in [2.75, 3.05) is 10.7 Å². The molecule has 0 radical (unpaired) electrons. The van der Waals surface area contributed by atoms with E-state index < -0.39 is 0 Å². The number of rotatable bonds is 5. The average Bonchev–Trinajstić information content (AvgIpc) is 2.70. The highest BCUT2D eigenvalue weighted by molar-refractivity contribution is 5.65. The molecule has 0 aromatic carbocycles. The fraction of sp³-hybridized carbons (Fsp3) is 0.417. The minimum absolute atomic E-state index is 0.654. The minimum Gasteiger partial charge on any atom is -0.337 e. The fourth-order valence-electron chi connectivity index (χ4n) is 1.98. The second-order valence-corrected chi connectivity index (χ2v) is 4.37. The van der Waals surface area contributed by atoms with Crippen molar-refractivity contribution >= 4 is 17.3 Å². The monoisotopic (exact) mass is 261 g/mol. The third-order valence-corrected chi connectivity index (χ3v) is 2.85. The van der Waals surface area contributed by atoms with E-state index >= 15 is 0 Å². The minimum atomic E-state index is 0.654. The molecule has 7 nitrogen and oxygen atoms in total. The van der Waals surface area contributed by atoms with Gasteiger partial charge in [-0.05, 0) is 13.3 Å². The molecule has 0 aliphatic carbocycles. The molecule has 2 aromatic heterocycles. The third kappa shape index (κ3) is 2.82. The summed E-state index contributed by atoms with van der Waals surface area (Å²) in [4.78, 5) is 8.43. The molecule has 0 fully saturated rings. The molecule has 0 atom stereocenters. The molecule has 0 saturated heterocycles. The highest BCUT2D eigenvalue weighted by Crippen LogP contribution is 2.25. The number of hydrogen-bond acceptors (Lipinski definition) is 6. The lowest BCUT2D eigenvalue weighted by Gasteiger charge is -2.12. The van der Waals surface area contributed by atoms with Gasteiger partial charge in [-0.25, -0.2) is 15.8 Å². The molecule has 0 unspecified atom stereocenters. The summed E-state index contributed by atoms with van der Waals surface area (Å²) in [6.07, 6.45) is 5.25. The molecule has 2 rings (SSSR count). The molecule has 19 heavy (non-hydrogen) atoms. The van der Waals surface area contributed by atoms with Gasteiger partial charge >= 0.3 is 0 Å². The van der Waals surface area contributed by atoms with Crippen molar-refractivity contribution in [1.82, 2.24) is 19.7 Å². The van der Waals surface area contributed by atoms with E-state index in [-0.39, 0.29) is 0 Å². The van der Waals surface area contributed by atoms with Gasteiger partial charge in [0.2, 0.25) is 0 Å². The molecule has 0 aliphatic heterocycles. The number of aryl methyl sites for hydroxylation is 2.